The number of hydrogen-bond acceptors (Lipinski definition) is 3. The molecule has 19 heavy (non-hydrogen) atoms. The Hall–Kier alpha value is -1.07. The number of rotatable bonds is 3. The van der Waals surface area contributed by atoms with Gasteiger partial charge in [0, 0.05) is 30.7 Å². The van der Waals surface area contributed by atoms with Gasteiger partial charge in [-0.05, 0) is 37.0 Å². The molecule has 0 bridgehead atoms. The summed E-state index contributed by atoms with van der Waals surface area (Å²) in [7, 11) is 1.76. The molecule has 1 heterocycles. The van der Waals surface area contributed by atoms with Crippen molar-refractivity contribution in [2.45, 2.75) is 17.7 Å². The highest BCUT2D eigenvalue weighted by Gasteiger charge is 2.20. The zero-order chi connectivity index (χ0) is 13.8. The van der Waals surface area contributed by atoms with Crippen molar-refractivity contribution in [2.24, 2.45) is 5.92 Å². The Morgan fingerprint density at radius 1 is 1.58 bits per heavy atom. The third-order valence-corrected chi connectivity index (χ3v) is 3.67. The second-order valence-electron chi connectivity index (χ2n) is 4.94. The number of carbonyl (C=O) groups is 1. The fourth-order valence-corrected chi connectivity index (χ4v) is 2.50. The lowest BCUT2D eigenvalue weighted by Crippen LogP contribution is -2.35. The first-order chi connectivity index (χ1) is 9.08. The summed E-state index contributed by atoms with van der Waals surface area (Å²) in [5.41, 5.74) is 0.464. The van der Waals surface area contributed by atoms with Crippen LogP contribution in [0.3, 0.4) is 0 Å². The van der Waals surface area contributed by atoms with Gasteiger partial charge in [-0.2, -0.15) is 0 Å². The summed E-state index contributed by atoms with van der Waals surface area (Å²) in [6, 6.07) is 4.23. The van der Waals surface area contributed by atoms with Crippen LogP contribution in [-0.2, 0) is 4.74 Å². The van der Waals surface area contributed by atoms with E-state index in [0.717, 1.165) is 19.4 Å². The maximum atomic E-state index is 13.1. The first-order valence-corrected chi connectivity index (χ1v) is 6.84. The van der Waals surface area contributed by atoms with Crippen LogP contribution in [-0.4, -0.2) is 37.6 Å². The van der Waals surface area contributed by atoms with Crippen molar-refractivity contribution in [3.63, 3.8) is 0 Å². The van der Waals surface area contributed by atoms with Gasteiger partial charge in [-0.3, -0.25) is 4.79 Å². The maximum absolute atomic E-state index is 13.1. The Labute approximate surface area is 118 Å². The van der Waals surface area contributed by atoms with Gasteiger partial charge in [0.1, 0.15) is 5.82 Å². The van der Waals surface area contributed by atoms with Crippen LogP contribution in [0.25, 0.3) is 0 Å². The summed E-state index contributed by atoms with van der Waals surface area (Å²) in [5.74, 6) is -0.136. The molecule has 1 aliphatic heterocycles. The van der Waals surface area contributed by atoms with Gasteiger partial charge in [0.05, 0.1) is 6.61 Å². The highest BCUT2D eigenvalue weighted by molar-refractivity contribution is 7.80. The second-order valence-corrected chi connectivity index (χ2v) is 5.42. The number of nitrogens with zero attached hydrogens (tertiary/aromatic N) is 1. The molecule has 104 valence electrons. The lowest BCUT2D eigenvalue weighted by molar-refractivity contribution is 0.0388. The van der Waals surface area contributed by atoms with Crippen LogP contribution in [0, 0.1) is 11.7 Å². The van der Waals surface area contributed by atoms with E-state index in [1.165, 1.54) is 18.2 Å². The van der Waals surface area contributed by atoms with E-state index in [0.29, 0.717) is 24.6 Å². The molecule has 1 aromatic rings. The van der Waals surface area contributed by atoms with Crippen LogP contribution in [0.2, 0.25) is 0 Å². The zero-order valence-electron chi connectivity index (χ0n) is 10.9. The van der Waals surface area contributed by atoms with Crippen LogP contribution < -0.4 is 0 Å². The summed E-state index contributed by atoms with van der Waals surface area (Å²) in [5, 5.41) is 0. The average Bonchev–Trinajstić information content (AvgIpc) is 2.42. The topological polar surface area (TPSA) is 29.5 Å². The molecule has 1 aromatic carbocycles. The van der Waals surface area contributed by atoms with E-state index in [2.05, 4.69) is 12.6 Å². The van der Waals surface area contributed by atoms with E-state index < -0.39 is 5.82 Å². The summed E-state index contributed by atoms with van der Waals surface area (Å²) >= 11 is 4.00. The highest BCUT2D eigenvalue weighted by atomic mass is 32.1. The molecule has 2 rings (SSSR count). The fourth-order valence-electron chi connectivity index (χ4n) is 2.29. The van der Waals surface area contributed by atoms with E-state index in [4.69, 9.17) is 4.74 Å². The fraction of sp³-hybridized carbons (Fsp3) is 0.500. The first-order valence-electron chi connectivity index (χ1n) is 6.39. The number of ether oxygens (including phenoxy) is 1. The predicted molar refractivity (Wildman–Crippen MR) is 74.2 cm³/mol. The van der Waals surface area contributed by atoms with E-state index in [-0.39, 0.29) is 10.8 Å². The van der Waals surface area contributed by atoms with Crippen LogP contribution in [0.5, 0.6) is 0 Å². The van der Waals surface area contributed by atoms with Gasteiger partial charge < -0.3 is 9.64 Å². The van der Waals surface area contributed by atoms with Crippen LogP contribution in [0.4, 0.5) is 4.39 Å². The molecule has 1 unspecified atom stereocenters. The minimum absolute atomic E-state index is 0.110. The molecule has 1 amide bonds. The first kappa shape index (κ1) is 14.3. The lowest BCUT2D eigenvalue weighted by atomic mass is 10.0. The molecule has 5 heteroatoms. The van der Waals surface area contributed by atoms with E-state index in [1.54, 1.807) is 11.9 Å². The van der Waals surface area contributed by atoms with Gasteiger partial charge in [0.2, 0.25) is 0 Å². The quantitative estimate of drug-likeness (QED) is 0.864. The smallest absolute Gasteiger partial charge is 0.253 e. The van der Waals surface area contributed by atoms with Crippen LogP contribution in [0.15, 0.2) is 23.1 Å². The number of halogens is 1. The van der Waals surface area contributed by atoms with Crippen molar-refractivity contribution < 1.29 is 13.9 Å². The van der Waals surface area contributed by atoms with Crippen LogP contribution >= 0.6 is 12.6 Å². The minimum Gasteiger partial charge on any atom is -0.381 e. The molecule has 1 saturated heterocycles. The molecule has 0 saturated carbocycles. The summed E-state index contributed by atoms with van der Waals surface area (Å²) < 4.78 is 18.5. The Morgan fingerprint density at radius 3 is 3.00 bits per heavy atom. The number of amides is 1. The highest BCUT2D eigenvalue weighted by Crippen LogP contribution is 2.18. The van der Waals surface area contributed by atoms with Crippen molar-refractivity contribution in [3.8, 4) is 0 Å². The van der Waals surface area contributed by atoms with E-state index >= 15 is 0 Å². The maximum Gasteiger partial charge on any atom is 0.253 e. The molecule has 1 aliphatic rings. The molecule has 1 fully saturated rings. The van der Waals surface area contributed by atoms with Crippen molar-refractivity contribution in [1.29, 1.82) is 0 Å². The minimum atomic E-state index is -0.414. The number of thiol groups is 1. The third-order valence-electron chi connectivity index (χ3n) is 3.33. The Bertz CT molecular complexity index is 461. The van der Waals surface area contributed by atoms with Gasteiger partial charge >= 0.3 is 0 Å². The molecular formula is C14H18FNO2S. The largest absolute Gasteiger partial charge is 0.381 e. The number of benzene rings is 1. The van der Waals surface area contributed by atoms with Gasteiger partial charge in [-0.25, -0.2) is 4.39 Å². The molecule has 0 radical (unpaired) electrons. The summed E-state index contributed by atoms with van der Waals surface area (Å²) in [4.78, 5) is 14.1. The van der Waals surface area contributed by atoms with Crippen LogP contribution in [0.1, 0.15) is 23.2 Å². The predicted octanol–water partition coefficient (Wildman–Crippen LogP) is 2.61. The van der Waals surface area contributed by atoms with Gasteiger partial charge in [-0.1, -0.05) is 0 Å². The zero-order valence-corrected chi connectivity index (χ0v) is 11.8. The normalized spacial score (nSPS) is 19.2. The van der Waals surface area contributed by atoms with Gasteiger partial charge in [0.15, 0.2) is 0 Å². The molecule has 0 spiro atoms. The molecule has 1 atom stereocenters. The Morgan fingerprint density at radius 2 is 2.37 bits per heavy atom. The number of carbonyl (C=O) groups excluding carboxylic acids is 1. The van der Waals surface area contributed by atoms with E-state index in [9.17, 15) is 9.18 Å². The standard InChI is InChI=1S/C14H18FNO2S/c1-16(8-10-3-2-6-18-9-10)14(17)11-4-5-12(15)13(19)7-11/h4-5,7,10,19H,2-3,6,8-9H2,1H3. The van der Waals surface area contributed by atoms with E-state index in [1.807, 2.05) is 0 Å². The molecule has 0 aliphatic carbocycles. The second kappa shape index (κ2) is 6.39. The average molecular weight is 283 g/mol. The summed E-state index contributed by atoms with van der Waals surface area (Å²) in [6.07, 6.45) is 2.13. The van der Waals surface area contributed by atoms with Gasteiger partial charge in [0.25, 0.3) is 5.91 Å². The van der Waals surface area contributed by atoms with Crippen molar-refractivity contribution >= 4 is 18.5 Å². The molecule has 0 aromatic heterocycles. The van der Waals surface area contributed by atoms with Crippen molar-refractivity contribution in [1.82, 2.24) is 4.90 Å². The third kappa shape index (κ3) is 3.70. The monoisotopic (exact) mass is 283 g/mol. The molecule has 3 nitrogen and oxygen atoms in total. The molecular weight excluding hydrogens is 265 g/mol. The van der Waals surface area contributed by atoms with Crippen molar-refractivity contribution in [2.75, 3.05) is 26.8 Å². The SMILES string of the molecule is CN(CC1CCCOC1)C(=O)c1ccc(F)c(S)c1. The van der Waals surface area contributed by atoms with Crippen molar-refractivity contribution in [3.05, 3.63) is 29.6 Å². The Balaban J connectivity index is 1.99. The summed E-state index contributed by atoms with van der Waals surface area (Å²) in [6.45, 7) is 2.19. The lowest BCUT2D eigenvalue weighted by Gasteiger charge is -2.27. The van der Waals surface area contributed by atoms with Gasteiger partial charge in [-0.15, -0.1) is 12.6 Å². The number of hydrogen-bond donors (Lipinski definition) is 1. The molecule has 0 N–H and O–H groups in total. The Kier molecular flexibility index (Phi) is 4.82.